The van der Waals surface area contributed by atoms with Gasteiger partial charge in [-0.2, -0.15) is 0 Å². The summed E-state index contributed by atoms with van der Waals surface area (Å²) in [6.07, 6.45) is 3.12. The molecule has 25 heavy (non-hydrogen) atoms. The second-order valence-corrected chi connectivity index (χ2v) is 6.87. The van der Waals surface area contributed by atoms with Crippen molar-refractivity contribution in [1.82, 2.24) is 15.6 Å². The van der Waals surface area contributed by atoms with Crippen molar-refractivity contribution in [2.75, 3.05) is 20.2 Å². The molecule has 5 nitrogen and oxygen atoms in total. The Bertz CT molecular complexity index is 669. The lowest BCUT2D eigenvalue weighted by atomic mass is 10.2. The highest BCUT2D eigenvalue weighted by molar-refractivity contribution is 7.09. The van der Waals surface area contributed by atoms with Gasteiger partial charge in [-0.05, 0) is 31.0 Å². The van der Waals surface area contributed by atoms with Gasteiger partial charge in [0.05, 0.1) is 17.3 Å². The summed E-state index contributed by atoms with van der Waals surface area (Å²) in [5, 5.41) is 9.88. The quantitative estimate of drug-likeness (QED) is 0.408. The van der Waals surface area contributed by atoms with Crippen LogP contribution < -0.4 is 15.4 Å². The lowest BCUT2D eigenvalue weighted by Crippen LogP contribution is -2.37. The predicted molar refractivity (Wildman–Crippen MR) is 106 cm³/mol. The number of ether oxygens (including phenoxy) is 1. The van der Waals surface area contributed by atoms with Gasteiger partial charge in [0.1, 0.15) is 5.75 Å². The molecule has 6 heteroatoms. The van der Waals surface area contributed by atoms with Gasteiger partial charge in [-0.15, -0.1) is 11.3 Å². The molecule has 0 spiro atoms. The van der Waals surface area contributed by atoms with Gasteiger partial charge in [-0.3, -0.25) is 4.99 Å². The molecule has 0 saturated heterocycles. The summed E-state index contributed by atoms with van der Waals surface area (Å²) in [7, 11) is 1.78. The minimum Gasteiger partial charge on any atom is -0.494 e. The van der Waals surface area contributed by atoms with Gasteiger partial charge in [0, 0.05) is 31.9 Å². The van der Waals surface area contributed by atoms with Crippen LogP contribution in [0.15, 0.2) is 34.6 Å². The van der Waals surface area contributed by atoms with E-state index < -0.39 is 0 Å². The Labute approximate surface area is 154 Å². The van der Waals surface area contributed by atoms with Gasteiger partial charge in [-0.1, -0.05) is 25.5 Å². The lowest BCUT2D eigenvalue weighted by molar-refractivity contribution is 0.309. The monoisotopic (exact) mass is 360 g/mol. The van der Waals surface area contributed by atoms with Crippen molar-refractivity contribution in [2.24, 2.45) is 4.99 Å². The van der Waals surface area contributed by atoms with Gasteiger partial charge in [0.25, 0.3) is 0 Å². The second kappa shape index (κ2) is 10.7. The van der Waals surface area contributed by atoms with Gasteiger partial charge in [0.15, 0.2) is 5.96 Å². The molecule has 0 aliphatic heterocycles. The first-order chi connectivity index (χ1) is 12.2. The summed E-state index contributed by atoms with van der Waals surface area (Å²) < 4.78 is 5.76. The molecule has 2 rings (SSSR count). The van der Waals surface area contributed by atoms with E-state index in [0.29, 0.717) is 6.54 Å². The first-order valence-corrected chi connectivity index (χ1v) is 9.66. The Morgan fingerprint density at radius 2 is 2.20 bits per heavy atom. The zero-order chi connectivity index (χ0) is 17.9. The molecule has 0 radical (unpaired) electrons. The molecule has 2 N–H and O–H groups in total. The van der Waals surface area contributed by atoms with Crippen LogP contribution >= 0.6 is 11.3 Å². The number of hydrogen-bond donors (Lipinski definition) is 2. The third-order valence-corrected chi connectivity index (χ3v) is 4.51. The average molecular weight is 361 g/mol. The van der Waals surface area contributed by atoms with Crippen molar-refractivity contribution < 1.29 is 4.74 Å². The Hall–Kier alpha value is -2.08. The third kappa shape index (κ3) is 7.13. The SMILES string of the molecule is CCCCOc1cccc(CNC(=NC)NCCc2csc(C)n2)c1. The standard InChI is InChI=1S/C19H28N4OS/c1-4-5-11-24-18-8-6-7-16(12-18)13-22-19(20-3)21-10-9-17-14-25-15(2)23-17/h6-8,12,14H,4-5,9-11,13H2,1-3H3,(H2,20,21,22). The van der Waals surface area contributed by atoms with Gasteiger partial charge in [0.2, 0.25) is 0 Å². The maximum absolute atomic E-state index is 5.76. The number of nitrogens with one attached hydrogen (secondary N) is 2. The van der Waals surface area contributed by atoms with Crippen LogP contribution in [0.5, 0.6) is 5.75 Å². The molecule has 136 valence electrons. The number of hydrogen-bond acceptors (Lipinski definition) is 4. The lowest BCUT2D eigenvalue weighted by Gasteiger charge is -2.12. The number of rotatable bonds is 9. The third-order valence-electron chi connectivity index (χ3n) is 3.69. The van der Waals surface area contributed by atoms with Crippen LogP contribution in [0.1, 0.15) is 36.0 Å². The van der Waals surface area contributed by atoms with Crippen molar-refractivity contribution in [1.29, 1.82) is 0 Å². The highest BCUT2D eigenvalue weighted by Crippen LogP contribution is 2.13. The van der Waals surface area contributed by atoms with Gasteiger partial charge in [-0.25, -0.2) is 4.98 Å². The molecule has 0 bridgehead atoms. The number of aromatic nitrogens is 1. The van der Waals surface area contributed by atoms with E-state index in [1.807, 2.05) is 19.1 Å². The number of aliphatic imine (C=N–C) groups is 1. The Kier molecular flexibility index (Phi) is 8.25. The van der Waals surface area contributed by atoms with Gasteiger partial charge >= 0.3 is 0 Å². The number of nitrogens with zero attached hydrogens (tertiary/aromatic N) is 2. The molecule has 0 fully saturated rings. The summed E-state index contributed by atoms with van der Waals surface area (Å²) in [5.41, 5.74) is 2.30. The fourth-order valence-electron chi connectivity index (χ4n) is 2.32. The fraction of sp³-hybridized carbons (Fsp3) is 0.474. The Balaban J connectivity index is 1.75. The average Bonchev–Trinajstić information content (AvgIpc) is 3.04. The molecule has 1 heterocycles. The normalized spacial score (nSPS) is 11.4. The van der Waals surface area contributed by atoms with Crippen LogP contribution in [0, 0.1) is 6.92 Å². The topological polar surface area (TPSA) is 58.5 Å². The molecule has 0 amide bonds. The molecule has 0 atom stereocenters. The zero-order valence-electron chi connectivity index (χ0n) is 15.3. The maximum atomic E-state index is 5.76. The molecule has 1 aromatic carbocycles. The Morgan fingerprint density at radius 1 is 1.32 bits per heavy atom. The first kappa shape index (κ1) is 19.2. The summed E-state index contributed by atoms with van der Waals surface area (Å²) in [6.45, 7) is 6.48. The van der Waals surface area contributed by atoms with Crippen molar-refractivity contribution in [3.8, 4) is 5.75 Å². The van der Waals surface area contributed by atoms with E-state index in [-0.39, 0.29) is 0 Å². The van der Waals surface area contributed by atoms with E-state index in [1.54, 1.807) is 18.4 Å². The smallest absolute Gasteiger partial charge is 0.191 e. The highest BCUT2D eigenvalue weighted by atomic mass is 32.1. The van der Waals surface area contributed by atoms with Crippen LogP contribution in [0.4, 0.5) is 0 Å². The van der Waals surface area contributed by atoms with E-state index in [4.69, 9.17) is 4.74 Å². The van der Waals surface area contributed by atoms with E-state index in [0.717, 1.165) is 54.8 Å². The number of aryl methyl sites for hydroxylation is 1. The predicted octanol–water partition coefficient (Wildman–Crippen LogP) is 3.54. The molecule has 0 aliphatic rings. The minimum atomic E-state index is 0.709. The van der Waals surface area contributed by atoms with Crippen molar-refractivity contribution in [3.63, 3.8) is 0 Å². The molecule has 0 unspecified atom stereocenters. The summed E-state index contributed by atoms with van der Waals surface area (Å²) in [4.78, 5) is 8.74. The Morgan fingerprint density at radius 3 is 2.92 bits per heavy atom. The number of benzene rings is 1. The fourth-order valence-corrected chi connectivity index (χ4v) is 2.97. The van der Waals surface area contributed by atoms with E-state index >= 15 is 0 Å². The summed E-state index contributed by atoms with van der Waals surface area (Å²) in [6, 6.07) is 8.19. The van der Waals surface area contributed by atoms with E-state index in [9.17, 15) is 0 Å². The minimum absolute atomic E-state index is 0.709. The van der Waals surface area contributed by atoms with Gasteiger partial charge < -0.3 is 15.4 Å². The van der Waals surface area contributed by atoms with Crippen molar-refractivity contribution in [3.05, 3.63) is 45.9 Å². The van der Waals surface area contributed by atoms with Crippen LogP contribution in [0.2, 0.25) is 0 Å². The van der Waals surface area contributed by atoms with Crippen LogP contribution in [0.25, 0.3) is 0 Å². The molecular formula is C19H28N4OS. The first-order valence-electron chi connectivity index (χ1n) is 8.78. The highest BCUT2D eigenvalue weighted by Gasteiger charge is 2.02. The van der Waals surface area contributed by atoms with Crippen molar-refractivity contribution in [2.45, 2.75) is 39.7 Å². The van der Waals surface area contributed by atoms with E-state index in [1.165, 1.54) is 5.56 Å². The molecule has 1 aromatic heterocycles. The number of unbranched alkanes of at least 4 members (excludes halogenated alkanes) is 1. The molecular weight excluding hydrogens is 332 g/mol. The molecule has 2 aromatic rings. The van der Waals surface area contributed by atoms with Crippen molar-refractivity contribution >= 4 is 17.3 Å². The van der Waals surface area contributed by atoms with Crippen LogP contribution in [-0.4, -0.2) is 31.1 Å². The number of thiazole rings is 1. The van der Waals surface area contributed by atoms with E-state index in [2.05, 4.69) is 45.0 Å². The van der Waals surface area contributed by atoms with Crippen LogP contribution in [0.3, 0.4) is 0 Å². The molecule has 0 saturated carbocycles. The molecule has 0 aliphatic carbocycles. The zero-order valence-corrected chi connectivity index (χ0v) is 16.2. The second-order valence-electron chi connectivity index (χ2n) is 5.81. The maximum Gasteiger partial charge on any atom is 0.191 e. The largest absolute Gasteiger partial charge is 0.494 e. The number of guanidine groups is 1. The van der Waals surface area contributed by atoms with Crippen LogP contribution in [-0.2, 0) is 13.0 Å². The summed E-state index contributed by atoms with van der Waals surface area (Å²) >= 11 is 1.69. The summed E-state index contributed by atoms with van der Waals surface area (Å²) in [5.74, 6) is 1.72.